The Morgan fingerprint density at radius 2 is 1.86 bits per heavy atom. The Labute approximate surface area is 126 Å². The Morgan fingerprint density at radius 1 is 0.955 bits per heavy atom. The molecule has 0 unspecified atom stereocenters. The van der Waals surface area contributed by atoms with E-state index in [0.29, 0.717) is 13.4 Å². The molecular formula is C18H12N2O2. The van der Waals surface area contributed by atoms with E-state index in [0.717, 1.165) is 44.0 Å². The van der Waals surface area contributed by atoms with Crippen LogP contribution in [0.15, 0.2) is 48.7 Å². The first-order valence-corrected chi connectivity index (χ1v) is 7.21. The number of hydrogen-bond acceptors (Lipinski definition) is 4. The maximum Gasteiger partial charge on any atom is 0.189 e. The van der Waals surface area contributed by atoms with Gasteiger partial charge in [0.05, 0.1) is 23.2 Å². The molecule has 4 nitrogen and oxygen atoms in total. The summed E-state index contributed by atoms with van der Waals surface area (Å²) in [6, 6.07) is 14.3. The molecule has 4 aromatic rings. The van der Waals surface area contributed by atoms with Crippen LogP contribution in [0.4, 0.5) is 0 Å². The Kier molecular flexibility index (Phi) is 2.37. The van der Waals surface area contributed by atoms with Gasteiger partial charge in [0.15, 0.2) is 6.79 Å². The Morgan fingerprint density at radius 3 is 2.86 bits per heavy atom. The molecule has 0 spiro atoms. The third kappa shape index (κ3) is 1.61. The molecule has 2 aromatic carbocycles. The third-order valence-electron chi connectivity index (χ3n) is 4.14. The van der Waals surface area contributed by atoms with E-state index < -0.39 is 0 Å². The van der Waals surface area contributed by atoms with Gasteiger partial charge in [-0.05, 0) is 36.4 Å². The lowest BCUT2D eigenvalue weighted by Gasteiger charge is -2.19. The van der Waals surface area contributed by atoms with Crippen LogP contribution < -0.4 is 4.74 Å². The smallest absolute Gasteiger partial charge is 0.189 e. The normalized spacial score (nSPS) is 14.2. The molecule has 0 bridgehead atoms. The molecule has 1 aliphatic heterocycles. The van der Waals surface area contributed by atoms with Crippen molar-refractivity contribution in [2.75, 3.05) is 6.79 Å². The largest absolute Gasteiger partial charge is 0.467 e. The number of aromatic nitrogens is 2. The summed E-state index contributed by atoms with van der Waals surface area (Å²) in [6.45, 7) is 0.840. The van der Waals surface area contributed by atoms with Crippen molar-refractivity contribution in [1.82, 2.24) is 9.97 Å². The lowest BCUT2D eigenvalue weighted by Crippen LogP contribution is -2.11. The van der Waals surface area contributed by atoms with Crippen molar-refractivity contribution in [3.05, 3.63) is 54.2 Å². The van der Waals surface area contributed by atoms with E-state index in [4.69, 9.17) is 14.5 Å². The summed E-state index contributed by atoms with van der Waals surface area (Å²) in [4.78, 5) is 9.33. The van der Waals surface area contributed by atoms with Crippen molar-refractivity contribution in [1.29, 1.82) is 0 Å². The van der Waals surface area contributed by atoms with Crippen LogP contribution in [-0.4, -0.2) is 16.8 Å². The first kappa shape index (κ1) is 11.9. The summed E-state index contributed by atoms with van der Waals surface area (Å²) in [5.74, 6) is 0.865. The van der Waals surface area contributed by atoms with Crippen molar-refractivity contribution in [3.63, 3.8) is 0 Å². The van der Waals surface area contributed by atoms with Crippen molar-refractivity contribution in [2.24, 2.45) is 0 Å². The first-order valence-electron chi connectivity index (χ1n) is 7.21. The van der Waals surface area contributed by atoms with Crippen molar-refractivity contribution < 1.29 is 9.47 Å². The molecular weight excluding hydrogens is 276 g/mol. The number of ether oxygens (including phenoxy) is 2. The Hall–Kier alpha value is -2.72. The van der Waals surface area contributed by atoms with Crippen LogP contribution >= 0.6 is 0 Å². The molecule has 5 rings (SSSR count). The lowest BCUT2D eigenvalue weighted by atomic mass is 10.0. The molecule has 3 heterocycles. The summed E-state index contributed by atoms with van der Waals surface area (Å²) < 4.78 is 11.0. The minimum absolute atomic E-state index is 0.305. The maximum absolute atomic E-state index is 5.56. The summed E-state index contributed by atoms with van der Waals surface area (Å²) in [6.07, 6.45) is 1.80. The van der Waals surface area contributed by atoms with Crippen molar-refractivity contribution in [3.8, 4) is 5.75 Å². The monoisotopic (exact) mass is 288 g/mol. The van der Waals surface area contributed by atoms with Gasteiger partial charge in [-0.2, -0.15) is 0 Å². The van der Waals surface area contributed by atoms with Crippen LogP contribution in [0.5, 0.6) is 5.75 Å². The summed E-state index contributed by atoms with van der Waals surface area (Å²) in [5, 5.41) is 3.28. The molecule has 0 saturated heterocycles. The van der Waals surface area contributed by atoms with E-state index in [9.17, 15) is 0 Å². The molecule has 0 N–H and O–H groups in total. The van der Waals surface area contributed by atoms with Gasteiger partial charge in [-0.15, -0.1) is 0 Å². The topological polar surface area (TPSA) is 44.2 Å². The van der Waals surface area contributed by atoms with Crippen LogP contribution in [-0.2, 0) is 11.3 Å². The molecule has 0 radical (unpaired) electrons. The van der Waals surface area contributed by atoms with Gasteiger partial charge >= 0.3 is 0 Å². The van der Waals surface area contributed by atoms with Gasteiger partial charge < -0.3 is 9.47 Å². The van der Waals surface area contributed by atoms with Gasteiger partial charge in [0.1, 0.15) is 5.75 Å². The highest BCUT2D eigenvalue weighted by Gasteiger charge is 2.16. The quantitative estimate of drug-likeness (QED) is 0.364. The minimum atomic E-state index is 0.305. The van der Waals surface area contributed by atoms with Crippen LogP contribution in [0, 0.1) is 0 Å². The van der Waals surface area contributed by atoms with E-state index >= 15 is 0 Å². The third-order valence-corrected chi connectivity index (χ3v) is 4.14. The molecule has 106 valence electrons. The van der Waals surface area contributed by atoms with E-state index in [1.807, 2.05) is 18.2 Å². The number of fused-ring (bicyclic) bond motifs is 6. The molecule has 2 aromatic heterocycles. The van der Waals surface area contributed by atoms with Gasteiger partial charge in [-0.1, -0.05) is 6.07 Å². The fourth-order valence-corrected chi connectivity index (χ4v) is 3.08. The highest BCUT2D eigenvalue weighted by molar-refractivity contribution is 6.07. The average molecular weight is 288 g/mol. The van der Waals surface area contributed by atoms with Crippen LogP contribution in [0.3, 0.4) is 0 Å². The highest BCUT2D eigenvalue weighted by Crippen LogP contribution is 2.33. The second-order valence-corrected chi connectivity index (χ2v) is 5.42. The molecule has 0 aliphatic carbocycles. The average Bonchev–Trinajstić information content (AvgIpc) is 2.60. The molecule has 1 aliphatic rings. The van der Waals surface area contributed by atoms with Crippen LogP contribution in [0.1, 0.15) is 5.56 Å². The number of benzene rings is 2. The maximum atomic E-state index is 5.56. The molecule has 0 saturated carbocycles. The predicted molar refractivity (Wildman–Crippen MR) is 84.8 cm³/mol. The lowest BCUT2D eigenvalue weighted by molar-refractivity contribution is -0.0155. The van der Waals surface area contributed by atoms with Gasteiger partial charge in [-0.3, -0.25) is 4.98 Å². The minimum Gasteiger partial charge on any atom is -0.467 e. The second-order valence-electron chi connectivity index (χ2n) is 5.42. The van der Waals surface area contributed by atoms with E-state index in [1.54, 1.807) is 6.20 Å². The molecule has 0 fully saturated rings. The van der Waals surface area contributed by atoms with Gasteiger partial charge in [0.2, 0.25) is 0 Å². The SMILES string of the molecule is c1cnc2ccc3cc4ccc5c(c4nc3c2c1)COCO5. The van der Waals surface area contributed by atoms with E-state index in [-0.39, 0.29) is 0 Å². The summed E-state index contributed by atoms with van der Waals surface area (Å²) >= 11 is 0. The fourth-order valence-electron chi connectivity index (χ4n) is 3.08. The van der Waals surface area contributed by atoms with Crippen molar-refractivity contribution in [2.45, 2.75) is 6.61 Å². The first-order chi connectivity index (χ1) is 10.9. The van der Waals surface area contributed by atoms with Crippen LogP contribution in [0.2, 0.25) is 0 Å². The molecule has 0 amide bonds. The number of nitrogens with zero attached hydrogens (tertiary/aromatic N) is 2. The number of hydrogen-bond donors (Lipinski definition) is 0. The zero-order valence-electron chi connectivity index (χ0n) is 11.7. The zero-order valence-corrected chi connectivity index (χ0v) is 11.7. The van der Waals surface area contributed by atoms with E-state index in [2.05, 4.69) is 29.2 Å². The Balaban J connectivity index is 1.95. The van der Waals surface area contributed by atoms with Gasteiger partial charge in [0, 0.05) is 27.9 Å². The number of pyridine rings is 2. The van der Waals surface area contributed by atoms with E-state index in [1.165, 1.54) is 0 Å². The molecule has 0 atom stereocenters. The van der Waals surface area contributed by atoms with Crippen LogP contribution in [0.25, 0.3) is 32.7 Å². The highest BCUT2D eigenvalue weighted by atomic mass is 16.7. The van der Waals surface area contributed by atoms with Gasteiger partial charge in [-0.25, -0.2) is 4.98 Å². The predicted octanol–water partition coefficient (Wildman–Crippen LogP) is 3.80. The van der Waals surface area contributed by atoms with Crippen molar-refractivity contribution >= 4 is 32.7 Å². The second kappa shape index (κ2) is 4.39. The molecule has 4 heteroatoms. The summed E-state index contributed by atoms with van der Waals surface area (Å²) in [5.41, 5.74) is 3.89. The Bertz CT molecular complexity index is 1040. The van der Waals surface area contributed by atoms with Gasteiger partial charge in [0.25, 0.3) is 0 Å². The molecule has 22 heavy (non-hydrogen) atoms. The number of rotatable bonds is 0. The summed E-state index contributed by atoms with van der Waals surface area (Å²) in [7, 11) is 0. The zero-order chi connectivity index (χ0) is 14.5. The standard InChI is InChI=1S/C18H12N2O2/c1-2-13-15(19-7-1)5-3-11-8-12-4-6-16-14(9-21-10-22-16)18(12)20-17(11)13/h1-8H,9-10H2. The fraction of sp³-hybridized carbons (Fsp3) is 0.111.